The molecule has 1 aliphatic rings. The Bertz CT molecular complexity index is 611. The Morgan fingerprint density at radius 2 is 2.11 bits per heavy atom. The van der Waals surface area contributed by atoms with Crippen LogP contribution >= 0.6 is 11.6 Å². The summed E-state index contributed by atoms with van der Waals surface area (Å²) in [4.78, 5) is 4.03. The van der Waals surface area contributed by atoms with Crippen molar-refractivity contribution in [3.63, 3.8) is 0 Å². The summed E-state index contributed by atoms with van der Waals surface area (Å²) in [7, 11) is 0. The Kier molecular flexibility index (Phi) is 3.24. The SMILES string of the molecule is Fc1cc(-c2ocnc2CNC2CC2)c(F)cc1Cl. The summed E-state index contributed by atoms with van der Waals surface area (Å²) in [5.74, 6) is -1.08. The van der Waals surface area contributed by atoms with Gasteiger partial charge in [0, 0.05) is 12.6 Å². The number of nitrogens with zero attached hydrogens (tertiary/aromatic N) is 1. The third-order valence-electron chi connectivity index (χ3n) is 3.03. The topological polar surface area (TPSA) is 38.1 Å². The number of hydrogen-bond donors (Lipinski definition) is 1. The van der Waals surface area contributed by atoms with Gasteiger partial charge in [-0.2, -0.15) is 0 Å². The maximum Gasteiger partial charge on any atom is 0.181 e. The number of halogens is 3. The van der Waals surface area contributed by atoms with Gasteiger partial charge in [0.1, 0.15) is 17.3 Å². The number of oxazole rings is 1. The zero-order valence-electron chi connectivity index (χ0n) is 9.92. The number of aromatic nitrogens is 1. The van der Waals surface area contributed by atoms with E-state index in [-0.39, 0.29) is 16.3 Å². The van der Waals surface area contributed by atoms with Crippen LogP contribution < -0.4 is 5.32 Å². The summed E-state index contributed by atoms with van der Waals surface area (Å²) in [6, 6.07) is 2.46. The molecule has 0 unspecified atom stereocenters. The van der Waals surface area contributed by atoms with Gasteiger partial charge >= 0.3 is 0 Å². The minimum Gasteiger partial charge on any atom is -0.443 e. The predicted molar refractivity (Wildman–Crippen MR) is 66.7 cm³/mol. The van der Waals surface area contributed by atoms with Gasteiger partial charge in [0.25, 0.3) is 0 Å². The Hall–Kier alpha value is -1.46. The van der Waals surface area contributed by atoms with E-state index in [1.54, 1.807) is 0 Å². The number of benzene rings is 1. The number of nitrogens with one attached hydrogen (secondary N) is 1. The molecule has 1 N–H and O–H groups in total. The van der Waals surface area contributed by atoms with Gasteiger partial charge in [-0.1, -0.05) is 11.6 Å². The lowest BCUT2D eigenvalue weighted by Gasteiger charge is -2.05. The highest BCUT2D eigenvalue weighted by Gasteiger charge is 2.23. The molecule has 1 fully saturated rings. The largest absolute Gasteiger partial charge is 0.443 e. The first kappa shape index (κ1) is 12.6. The van der Waals surface area contributed by atoms with Crippen LogP contribution in [0.2, 0.25) is 5.02 Å². The number of hydrogen-bond acceptors (Lipinski definition) is 3. The van der Waals surface area contributed by atoms with Crippen molar-refractivity contribution in [1.29, 1.82) is 0 Å². The van der Waals surface area contributed by atoms with E-state index < -0.39 is 11.6 Å². The first-order valence-corrected chi connectivity index (χ1v) is 6.33. The molecule has 1 aromatic heterocycles. The Morgan fingerprint density at radius 3 is 2.84 bits per heavy atom. The van der Waals surface area contributed by atoms with Crippen LogP contribution in [0, 0.1) is 11.6 Å². The van der Waals surface area contributed by atoms with Crippen LogP contribution in [0.25, 0.3) is 11.3 Å². The van der Waals surface area contributed by atoms with E-state index in [0.717, 1.165) is 25.0 Å². The van der Waals surface area contributed by atoms with E-state index in [0.29, 0.717) is 18.3 Å². The van der Waals surface area contributed by atoms with E-state index in [9.17, 15) is 8.78 Å². The fourth-order valence-corrected chi connectivity index (χ4v) is 1.99. The second-order valence-electron chi connectivity index (χ2n) is 4.53. The highest BCUT2D eigenvalue weighted by atomic mass is 35.5. The molecule has 1 aliphatic carbocycles. The molecule has 0 radical (unpaired) electrons. The summed E-state index contributed by atoms with van der Waals surface area (Å²) in [5, 5.41) is 3.00. The fourth-order valence-electron chi connectivity index (χ4n) is 1.84. The van der Waals surface area contributed by atoms with E-state index in [1.165, 1.54) is 6.39 Å². The second kappa shape index (κ2) is 4.90. The first-order chi connectivity index (χ1) is 9.15. The quantitative estimate of drug-likeness (QED) is 0.873. The lowest BCUT2D eigenvalue weighted by atomic mass is 10.1. The van der Waals surface area contributed by atoms with Gasteiger partial charge in [0.2, 0.25) is 0 Å². The van der Waals surface area contributed by atoms with Crippen molar-refractivity contribution >= 4 is 11.6 Å². The lowest BCUT2D eigenvalue weighted by Crippen LogP contribution is -2.16. The van der Waals surface area contributed by atoms with Crippen LogP contribution in [-0.2, 0) is 6.54 Å². The van der Waals surface area contributed by atoms with Crippen molar-refractivity contribution in [3.05, 3.63) is 40.9 Å². The van der Waals surface area contributed by atoms with Crippen LogP contribution in [0.4, 0.5) is 8.78 Å². The summed E-state index contributed by atoms with van der Waals surface area (Å²) in [5.41, 5.74) is 0.597. The molecule has 3 rings (SSSR count). The minimum atomic E-state index is -0.685. The molecular weight excluding hydrogens is 274 g/mol. The van der Waals surface area contributed by atoms with Crippen LogP contribution in [0.1, 0.15) is 18.5 Å². The zero-order valence-corrected chi connectivity index (χ0v) is 10.7. The molecule has 3 nitrogen and oxygen atoms in total. The van der Waals surface area contributed by atoms with Crippen LogP contribution in [0.15, 0.2) is 22.9 Å². The highest BCUT2D eigenvalue weighted by Crippen LogP contribution is 2.30. The van der Waals surface area contributed by atoms with Crippen molar-refractivity contribution in [1.82, 2.24) is 10.3 Å². The molecule has 1 heterocycles. The third kappa shape index (κ3) is 2.62. The molecule has 0 aliphatic heterocycles. The van der Waals surface area contributed by atoms with Gasteiger partial charge in [-0.05, 0) is 25.0 Å². The summed E-state index contributed by atoms with van der Waals surface area (Å²) in [6.07, 6.45) is 3.50. The zero-order chi connectivity index (χ0) is 13.4. The van der Waals surface area contributed by atoms with Crippen LogP contribution in [-0.4, -0.2) is 11.0 Å². The molecule has 0 spiro atoms. The summed E-state index contributed by atoms with van der Waals surface area (Å²) >= 11 is 5.52. The molecule has 1 saturated carbocycles. The summed E-state index contributed by atoms with van der Waals surface area (Å²) in [6.45, 7) is 0.472. The van der Waals surface area contributed by atoms with Crippen molar-refractivity contribution in [2.24, 2.45) is 0 Å². The standard InChI is InChI=1S/C13H11ClF2N2O/c14-9-4-10(15)8(3-11(9)16)13-12(18-6-19-13)5-17-7-1-2-7/h3-4,6-7,17H,1-2,5H2. The van der Waals surface area contributed by atoms with Gasteiger partial charge in [0.05, 0.1) is 10.6 Å². The maximum absolute atomic E-state index is 13.8. The Morgan fingerprint density at radius 1 is 1.32 bits per heavy atom. The average molecular weight is 285 g/mol. The Balaban J connectivity index is 1.92. The van der Waals surface area contributed by atoms with Crippen LogP contribution in [0.5, 0.6) is 0 Å². The minimum absolute atomic E-state index is 0.0343. The smallest absolute Gasteiger partial charge is 0.181 e. The third-order valence-corrected chi connectivity index (χ3v) is 3.32. The molecule has 0 amide bonds. The van der Waals surface area contributed by atoms with Gasteiger partial charge < -0.3 is 9.73 Å². The van der Waals surface area contributed by atoms with Gasteiger partial charge in [-0.15, -0.1) is 0 Å². The van der Waals surface area contributed by atoms with E-state index >= 15 is 0 Å². The van der Waals surface area contributed by atoms with E-state index in [4.69, 9.17) is 16.0 Å². The fraction of sp³-hybridized carbons (Fsp3) is 0.308. The second-order valence-corrected chi connectivity index (χ2v) is 4.94. The molecule has 100 valence electrons. The average Bonchev–Trinajstić information content (AvgIpc) is 3.09. The monoisotopic (exact) mass is 284 g/mol. The van der Waals surface area contributed by atoms with Crippen molar-refractivity contribution in [2.45, 2.75) is 25.4 Å². The molecule has 1 aromatic carbocycles. The Labute approximate surface area is 113 Å². The van der Waals surface area contributed by atoms with Gasteiger partial charge in [-0.25, -0.2) is 13.8 Å². The van der Waals surface area contributed by atoms with Crippen molar-refractivity contribution in [3.8, 4) is 11.3 Å². The van der Waals surface area contributed by atoms with E-state index in [1.807, 2.05) is 0 Å². The first-order valence-electron chi connectivity index (χ1n) is 5.96. The molecule has 0 atom stereocenters. The molecule has 0 bridgehead atoms. The number of rotatable bonds is 4. The van der Waals surface area contributed by atoms with E-state index in [2.05, 4.69) is 10.3 Å². The normalized spacial score (nSPS) is 14.9. The molecule has 0 saturated heterocycles. The molecular formula is C13H11ClF2N2O. The van der Waals surface area contributed by atoms with Gasteiger partial charge in [0.15, 0.2) is 12.2 Å². The lowest BCUT2D eigenvalue weighted by molar-refractivity contribution is 0.554. The summed E-state index contributed by atoms with van der Waals surface area (Å²) < 4.78 is 32.4. The molecule has 2 aromatic rings. The molecule has 19 heavy (non-hydrogen) atoms. The van der Waals surface area contributed by atoms with Crippen molar-refractivity contribution < 1.29 is 13.2 Å². The van der Waals surface area contributed by atoms with Gasteiger partial charge in [-0.3, -0.25) is 0 Å². The predicted octanol–water partition coefficient (Wildman–Crippen LogP) is 3.53. The molecule has 6 heteroatoms. The maximum atomic E-state index is 13.8. The van der Waals surface area contributed by atoms with Crippen LogP contribution in [0.3, 0.4) is 0 Å². The van der Waals surface area contributed by atoms with Crippen molar-refractivity contribution in [2.75, 3.05) is 0 Å². The highest BCUT2D eigenvalue weighted by molar-refractivity contribution is 6.30.